The van der Waals surface area contributed by atoms with Gasteiger partial charge in [-0.1, -0.05) is 32.6 Å². The lowest BCUT2D eigenvalue weighted by molar-refractivity contribution is 0.404. The van der Waals surface area contributed by atoms with Crippen molar-refractivity contribution in [2.24, 2.45) is 0 Å². The average molecular weight is 382 g/mol. The standard InChI is InChI=1S/C22H26N2O4/c1-3-4-12-24-20(14-8-6-5-7-9-14)23-21-18(22(24)26)19(25)16-11-10-15(27-2)13-17(16)28-21/h10-11,13-14H,3-9,12H2,1-2H3. The van der Waals surface area contributed by atoms with Crippen molar-refractivity contribution in [1.29, 1.82) is 0 Å². The van der Waals surface area contributed by atoms with Crippen LogP contribution in [0.4, 0.5) is 0 Å². The highest BCUT2D eigenvalue weighted by molar-refractivity contribution is 5.88. The van der Waals surface area contributed by atoms with Crippen LogP contribution in [0.5, 0.6) is 5.75 Å². The lowest BCUT2D eigenvalue weighted by atomic mass is 9.88. The third-order valence-electron chi connectivity index (χ3n) is 5.74. The van der Waals surface area contributed by atoms with Crippen LogP contribution in [0.2, 0.25) is 0 Å². The van der Waals surface area contributed by atoms with Crippen LogP contribution in [-0.4, -0.2) is 16.7 Å². The number of aromatic nitrogens is 2. The Morgan fingerprint density at radius 1 is 1.21 bits per heavy atom. The smallest absolute Gasteiger partial charge is 0.268 e. The van der Waals surface area contributed by atoms with E-state index in [1.54, 1.807) is 29.9 Å². The van der Waals surface area contributed by atoms with Crippen LogP contribution in [0.1, 0.15) is 63.6 Å². The Hall–Kier alpha value is -2.63. The number of methoxy groups -OCH3 is 1. The molecule has 0 amide bonds. The summed E-state index contributed by atoms with van der Waals surface area (Å²) >= 11 is 0. The van der Waals surface area contributed by atoms with E-state index in [0.29, 0.717) is 23.3 Å². The summed E-state index contributed by atoms with van der Waals surface area (Å²) in [7, 11) is 1.56. The van der Waals surface area contributed by atoms with E-state index >= 15 is 0 Å². The monoisotopic (exact) mass is 382 g/mol. The van der Waals surface area contributed by atoms with Crippen LogP contribution in [0.15, 0.2) is 32.2 Å². The SMILES string of the molecule is CCCCn1c(C2CCCCC2)nc2oc3cc(OC)ccc3c(=O)c2c1=O. The molecule has 1 saturated carbocycles. The fraction of sp³-hybridized carbons (Fsp3) is 0.500. The third kappa shape index (κ3) is 3.21. The summed E-state index contributed by atoms with van der Waals surface area (Å²) in [6.07, 6.45) is 7.41. The third-order valence-corrected chi connectivity index (χ3v) is 5.74. The molecule has 0 aliphatic heterocycles. The zero-order valence-electron chi connectivity index (χ0n) is 16.5. The van der Waals surface area contributed by atoms with Crippen LogP contribution >= 0.6 is 0 Å². The summed E-state index contributed by atoms with van der Waals surface area (Å²) in [6, 6.07) is 5.01. The maximum atomic E-state index is 13.3. The zero-order chi connectivity index (χ0) is 19.7. The summed E-state index contributed by atoms with van der Waals surface area (Å²) in [4.78, 5) is 31.1. The van der Waals surface area contributed by atoms with E-state index in [-0.39, 0.29) is 28.0 Å². The van der Waals surface area contributed by atoms with Crippen molar-refractivity contribution in [3.05, 3.63) is 44.6 Å². The van der Waals surface area contributed by atoms with E-state index in [1.807, 2.05) is 0 Å². The van der Waals surface area contributed by atoms with Crippen LogP contribution in [0.25, 0.3) is 22.1 Å². The van der Waals surface area contributed by atoms with Crippen LogP contribution < -0.4 is 15.7 Å². The first-order chi connectivity index (χ1) is 13.6. The number of fused-ring (bicyclic) bond motifs is 2. The minimum atomic E-state index is -0.322. The van der Waals surface area contributed by atoms with Gasteiger partial charge in [0.25, 0.3) is 5.56 Å². The molecule has 0 atom stereocenters. The molecule has 1 aliphatic rings. The number of rotatable bonds is 5. The molecule has 0 radical (unpaired) electrons. The molecule has 1 fully saturated rings. The Balaban J connectivity index is 2.00. The van der Waals surface area contributed by atoms with Crippen molar-refractivity contribution in [1.82, 2.24) is 9.55 Å². The minimum Gasteiger partial charge on any atom is -0.497 e. The quantitative estimate of drug-likeness (QED) is 0.613. The normalized spacial score (nSPS) is 15.4. The summed E-state index contributed by atoms with van der Waals surface area (Å²) in [5.41, 5.74) is -0.0592. The molecule has 4 rings (SSSR count). The molecule has 28 heavy (non-hydrogen) atoms. The number of hydrogen-bond donors (Lipinski definition) is 0. The Kier molecular flexibility index (Phi) is 5.20. The fourth-order valence-corrected chi connectivity index (χ4v) is 4.16. The molecule has 148 valence electrons. The molecule has 3 aromatic rings. The molecule has 0 spiro atoms. The second-order valence-corrected chi connectivity index (χ2v) is 7.59. The van der Waals surface area contributed by atoms with Gasteiger partial charge in [-0.05, 0) is 31.4 Å². The number of ether oxygens (including phenoxy) is 1. The molecule has 2 aromatic heterocycles. The Morgan fingerprint density at radius 2 is 2.00 bits per heavy atom. The molecule has 0 N–H and O–H groups in total. The van der Waals surface area contributed by atoms with Gasteiger partial charge in [0.05, 0.1) is 12.5 Å². The Labute approximate surface area is 163 Å². The van der Waals surface area contributed by atoms with Crippen molar-refractivity contribution < 1.29 is 9.15 Å². The molecule has 1 aromatic carbocycles. The van der Waals surface area contributed by atoms with Crippen molar-refractivity contribution in [3.8, 4) is 5.75 Å². The topological polar surface area (TPSA) is 74.3 Å². The summed E-state index contributed by atoms with van der Waals surface area (Å²) < 4.78 is 12.9. The number of unbranched alkanes of at least 4 members (excludes halogenated alkanes) is 1. The van der Waals surface area contributed by atoms with Crippen LogP contribution in [0, 0.1) is 0 Å². The van der Waals surface area contributed by atoms with Gasteiger partial charge in [0.15, 0.2) is 5.39 Å². The maximum Gasteiger partial charge on any atom is 0.268 e. The van der Waals surface area contributed by atoms with Crippen molar-refractivity contribution in [2.75, 3.05) is 7.11 Å². The summed E-state index contributed by atoms with van der Waals surface area (Å²) in [6.45, 7) is 2.68. The summed E-state index contributed by atoms with van der Waals surface area (Å²) in [5, 5.41) is 0.424. The number of hydrogen-bond acceptors (Lipinski definition) is 5. The van der Waals surface area contributed by atoms with Gasteiger partial charge in [-0.15, -0.1) is 0 Å². The highest BCUT2D eigenvalue weighted by Crippen LogP contribution is 2.32. The maximum absolute atomic E-state index is 13.3. The van der Waals surface area contributed by atoms with Crippen molar-refractivity contribution in [3.63, 3.8) is 0 Å². The fourth-order valence-electron chi connectivity index (χ4n) is 4.16. The van der Waals surface area contributed by atoms with Gasteiger partial charge in [0.2, 0.25) is 11.1 Å². The zero-order valence-corrected chi connectivity index (χ0v) is 16.5. The number of benzene rings is 1. The molecule has 0 saturated heterocycles. The molecule has 0 unspecified atom stereocenters. The Morgan fingerprint density at radius 3 is 2.71 bits per heavy atom. The molecule has 1 aliphatic carbocycles. The highest BCUT2D eigenvalue weighted by atomic mass is 16.5. The minimum absolute atomic E-state index is 0.0494. The second kappa shape index (κ2) is 7.78. The van der Waals surface area contributed by atoms with Crippen molar-refractivity contribution in [2.45, 2.75) is 64.3 Å². The predicted octanol–water partition coefficient (Wildman–Crippen LogP) is 4.36. The molecule has 6 nitrogen and oxygen atoms in total. The lowest BCUT2D eigenvalue weighted by Crippen LogP contribution is -2.31. The number of nitrogens with zero attached hydrogens (tertiary/aromatic N) is 2. The van der Waals surface area contributed by atoms with E-state index in [4.69, 9.17) is 14.1 Å². The van der Waals surface area contributed by atoms with Crippen LogP contribution in [0.3, 0.4) is 0 Å². The van der Waals surface area contributed by atoms with E-state index in [9.17, 15) is 9.59 Å². The molecular weight excluding hydrogens is 356 g/mol. The van der Waals surface area contributed by atoms with Gasteiger partial charge in [-0.25, -0.2) is 0 Å². The van der Waals surface area contributed by atoms with Gasteiger partial charge < -0.3 is 9.15 Å². The van der Waals surface area contributed by atoms with Crippen molar-refractivity contribution >= 4 is 22.1 Å². The molecule has 2 heterocycles. The first-order valence-electron chi connectivity index (χ1n) is 10.2. The second-order valence-electron chi connectivity index (χ2n) is 7.59. The first-order valence-corrected chi connectivity index (χ1v) is 10.2. The van der Waals surface area contributed by atoms with Gasteiger partial charge in [0, 0.05) is 18.5 Å². The van der Waals surface area contributed by atoms with E-state index in [2.05, 4.69) is 6.92 Å². The average Bonchev–Trinajstić information content (AvgIpc) is 2.73. The predicted molar refractivity (Wildman–Crippen MR) is 109 cm³/mol. The van der Waals surface area contributed by atoms with Crippen LogP contribution in [-0.2, 0) is 6.54 Å². The molecular formula is C22H26N2O4. The Bertz CT molecular complexity index is 1120. The summed E-state index contributed by atoms with van der Waals surface area (Å²) in [5.74, 6) is 1.61. The van der Waals surface area contributed by atoms with Gasteiger partial charge >= 0.3 is 0 Å². The molecule has 0 bridgehead atoms. The van der Waals surface area contributed by atoms with Gasteiger partial charge in [-0.2, -0.15) is 4.98 Å². The van der Waals surface area contributed by atoms with E-state index < -0.39 is 0 Å². The largest absolute Gasteiger partial charge is 0.497 e. The highest BCUT2D eigenvalue weighted by Gasteiger charge is 2.24. The van der Waals surface area contributed by atoms with E-state index in [1.165, 1.54) is 6.42 Å². The van der Waals surface area contributed by atoms with E-state index in [0.717, 1.165) is 44.3 Å². The van der Waals surface area contributed by atoms with Gasteiger partial charge in [-0.3, -0.25) is 14.2 Å². The first kappa shape index (κ1) is 18.7. The molecule has 6 heteroatoms. The van der Waals surface area contributed by atoms with Gasteiger partial charge in [0.1, 0.15) is 17.2 Å². The lowest BCUT2D eigenvalue weighted by Gasteiger charge is -2.24.